The maximum absolute atomic E-state index is 12.8. The molecule has 4 aromatic rings. The first-order valence-corrected chi connectivity index (χ1v) is 9.49. The number of ether oxygens (including phenoxy) is 2. The monoisotopic (exact) mass is 383 g/mol. The topological polar surface area (TPSA) is 47.6 Å². The molecule has 0 heterocycles. The van der Waals surface area contributed by atoms with Gasteiger partial charge in [-0.3, -0.25) is 4.79 Å². The summed E-state index contributed by atoms with van der Waals surface area (Å²) in [5.74, 6) is 1.11. The number of para-hydroxylation sites is 2. The lowest BCUT2D eigenvalue weighted by atomic mass is 10.1. The van der Waals surface area contributed by atoms with Gasteiger partial charge in [-0.05, 0) is 47.2 Å². The fourth-order valence-corrected chi connectivity index (χ4v) is 3.07. The van der Waals surface area contributed by atoms with Crippen LogP contribution in [0.3, 0.4) is 0 Å². The number of amides is 1. The normalized spacial score (nSPS) is 10.5. The Morgan fingerprint density at radius 1 is 0.690 bits per heavy atom. The zero-order valence-electron chi connectivity index (χ0n) is 15.9. The van der Waals surface area contributed by atoms with Crippen molar-refractivity contribution in [1.29, 1.82) is 0 Å². The first-order chi connectivity index (χ1) is 14.3. The Labute approximate surface area is 169 Å². The van der Waals surface area contributed by atoms with Crippen molar-refractivity contribution < 1.29 is 14.3 Å². The second-order valence-electron chi connectivity index (χ2n) is 6.52. The Bertz CT molecular complexity index is 1110. The van der Waals surface area contributed by atoms with Crippen LogP contribution in [-0.4, -0.2) is 19.1 Å². The molecule has 0 bridgehead atoms. The first-order valence-electron chi connectivity index (χ1n) is 9.49. The van der Waals surface area contributed by atoms with Crippen molar-refractivity contribution in [2.24, 2.45) is 0 Å². The number of carbonyl (C=O) groups is 1. The van der Waals surface area contributed by atoms with E-state index in [-0.39, 0.29) is 5.91 Å². The minimum absolute atomic E-state index is 0.208. The number of fused-ring (bicyclic) bond motifs is 1. The SMILES string of the molecule is O=C(Nc1ccc2ccccc2c1)c1ccccc1OCCOc1ccccc1. The number of hydrogen-bond donors (Lipinski definition) is 1. The van der Waals surface area contributed by atoms with Crippen LogP contribution in [0.1, 0.15) is 10.4 Å². The molecule has 4 aromatic carbocycles. The molecule has 4 rings (SSSR count). The van der Waals surface area contributed by atoms with E-state index in [2.05, 4.69) is 5.32 Å². The second-order valence-corrected chi connectivity index (χ2v) is 6.52. The van der Waals surface area contributed by atoms with E-state index in [4.69, 9.17) is 9.47 Å². The average molecular weight is 383 g/mol. The number of nitrogens with one attached hydrogen (secondary N) is 1. The van der Waals surface area contributed by atoms with Gasteiger partial charge in [-0.2, -0.15) is 0 Å². The molecule has 29 heavy (non-hydrogen) atoms. The predicted octanol–water partition coefficient (Wildman–Crippen LogP) is 5.55. The maximum Gasteiger partial charge on any atom is 0.259 e. The van der Waals surface area contributed by atoms with E-state index in [0.29, 0.717) is 24.5 Å². The lowest BCUT2D eigenvalue weighted by Crippen LogP contribution is -2.15. The molecule has 4 heteroatoms. The quantitative estimate of drug-likeness (QED) is 0.426. The summed E-state index contributed by atoms with van der Waals surface area (Å²) in [5.41, 5.74) is 1.23. The number of anilines is 1. The molecule has 0 aliphatic heterocycles. The summed E-state index contributed by atoms with van der Waals surface area (Å²) in [5, 5.41) is 5.17. The molecule has 0 spiro atoms. The van der Waals surface area contributed by atoms with Crippen molar-refractivity contribution in [3.63, 3.8) is 0 Å². The van der Waals surface area contributed by atoms with Crippen LogP contribution in [0.25, 0.3) is 10.8 Å². The highest BCUT2D eigenvalue weighted by Gasteiger charge is 2.12. The fraction of sp³-hybridized carbons (Fsp3) is 0.0800. The number of benzene rings is 4. The van der Waals surface area contributed by atoms with Gasteiger partial charge in [0.05, 0.1) is 5.56 Å². The minimum atomic E-state index is -0.208. The van der Waals surface area contributed by atoms with E-state index < -0.39 is 0 Å². The third-order valence-corrected chi connectivity index (χ3v) is 4.49. The van der Waals surface area contributed by atoms with Crippen molar-refractivity contribution in [1.82, 2.24) is 0 Å². The van der Waals surface area contributed by atoms with E-state index in [1.165, 1.54) is 0 Å². The molecule has 0 unspecified atom stereocenters. The Kier molecular flexibility index (Phi) is 5.72. The van der Waals surface area contributed by atoms with E-state index >= 15 is 0 Å². The summed E-state index contributed by atoms with van der Waals surface area (Å²) < 4.78 is 11.4. The smallest absolute Gasteiger partial charge is 0.259 e. The van der Waals surface area contributed by atoms with E-state index in [0.717, 1.165) is 22.2 Å². The largest absolute Gasteiger partial charge is 0.490 e. The van der Waals surface area contributed by atoms with Gasteiger partial charge in [-0.15, -0.1) is 0 Å². The Balaban J connectivity index is 1.40. The van der Waals surface area contributed by atoms with Gasteiger partial charge < -0.3 is 14.8 Å². The molecule has 0 aromatic heterocycles. The molecule has 0 fully saturated rings. The fourth-order valence-electron chi connectivity index (χ4n) is 3.07. The van der Waals surface area contributed by atoms with E-state index in [1.807, 2.05) is 84.9 Å². The lowest BCUT2D eigenvalue weighted by Gasteiger charge is -2.12. The molecule has 0 radical (unpaired) electrons. The van der Waals surface area contributed by atoms with Crippen LogP contribution in [-0.2, 0) is 0 Å². The standard InChI is InChI=1S/C25H21NO3/c27-25(26-21-15-14-19-8-4-5-9-20(19)18-21)23-12-6-7-13-24(23)29-17-16-28-22-10-2-1-3-11-22/h1-15,18H,16-17H2,(H,26,27). The van der Waals surface area contributed by atoms with Gasteiger partial charge in [0, 0.05) is 5.69 Å². The summed E-state index contributed by atoms with van der Waals surface area (Å²) in [6.45, 7) is 0.736. The zero-order valence-corrected chi connectivity index (χ0v) is 15.9. The highest BCUT2D eigenvalue weighted by Crippen LogP contribution is 2.22. The second kappa shape index (κ2) is 8.93. The summed E-state index contributed by atoms with van der Waals surface area (Å²) in [6, 6.07) is 30.7. The summed E-state index contributed by atoms with van der Waals surface area (Å²) in [7, 11) is 0. The van der Waals surface area contributed by atoms with Gasteiger partial charge in [0.15, 0.2) is 0 Å². The van der Waals surface area contributed by atoms with Crippen LogP contribution in [0.4, 0.5) is 5.69 Å². The van der Waals surface area contributed by atoms with Gasteiger partial charge in [-0.25, -0.2) is 0 Å². The molecule has 1 N–H and O–H groups in total. The minimum Gasteiger partial charge on any atom is -0.490 e. The molecule has 1 amide bonds. The summed E-state index contributed by atoms with van der Waals surface area (Å²) in [4.78, 5) is 12.8. The zero-order chi connectivity index (χ0) is 19.9. The average Bonchev–Trinajstić information content (AvgIpc) is 2.77. The van der Waals surface area contributed by atoms with Crippen LogP contribution in [0, 0.1) is 0 Å². The van der Waals surface area contributed by atoms with Gasteiger partial charge in [-0.1, -0.05) is 60.7 Å². The van der Waals surface area contributed by atoms with Crippen LogP contribution >= 0.6 is 0 Å². The van der Waals surface area contributed by atoms with Gasteiger partial charge >= 0.3 is 0 Å². The number of carbonyl (C=O) groups excluding carboxylic acids is 1. The van der Waals surface area contributed by atoms with Crippen molar-refractivity contribution in [3.8, 4) is 11.5 Å². The van der Waals surface area contributed by atoms with Gasteiger partial charge in [0.2, 0.25) is 0 Å². The van der Waals surface area contributed by atoms with Crippen molar-refractivity contribution in [2.45, 2.75) is 0 Å². The maximum atomic E-state index is 12.8. The Hall–Kier alpha value is -3.79. The molecule has 0 aliphatic carbocycles. The third kappa shape index (κ3) is 4.74. The number of hydrogen-bond acceptors (Lipinski definition) is 3. The van der Waals surface area contributed by atoms with Crippen molar-refractivity contribution >= 4 is 22.4 Å². The highest BCUT2D eigenvalue weighted by atomic mass is 16.5. The molecule has 0 saturated carbocycles. The van der Waals surface area contributed by atoms with Gasteiger partial charge in [0.25, 0.3) is 5.91 Å². The molecule has 0 aliphatic rings. The van der Waals surface area contributed by atoms with E-state index in [9.17, 15) is 4.79 Å². The number of rotatable bonds is 7. The Morgan fingerprint density at radius 3 is 2.24 bits per heavy atom. The van der Waals surface area contributed by atoms with Crippen LogP contribution in [0.2, 0.25) is 0 Å². The molecular weight excluding hydrogens is 362 g/mol. The van der Waals surface area contributed by atoms with Crippen LogP contribution in [0.5, 0.6) is 11.5 Å². The van der Waals surface area contributed by atoms with Crippen LogP contribution in [0.15, 0.2) is 97.1 Å². The molecule has 4 nitrogen and oxygen atoms in total. The van der Waals surface area contributed by atoms with Crippen molar-refractivity contribution in [2.75, 3.05) is 18.5 Å². The van der Waals surface area contributed by atoms with E-state index in [1.54, 1.807) is 12.1 Å². The van der Waals surface area contributed by atoms with Gasteiger partial charge in [0.1, 0.15) is 24.7 Å². The summed E-state index contributed by atoms with van der Waals surface area (Å²) in [6.07, 6.45) is 0. The first kappa shape index (κ1) is 18.6. The predicted molar refractivity (Wildman–Crippen MR) is 116 cm³/mol. The molecular formula is C25H21NO3. The Morgan fingerprint density at radius 2 is 1.38 bits per heavy atom. The highest BCUT2D eigenvalue weighted by molar-refractivity contribution is 6.07. The third-order valence-electron chi connectivity index (χ3n) is 4.49. The van der Waals surface area contributed by atoms with Crippen LogP contribution < -0.4 is 14.8 Å². The van der Waals surface area contributed by atoms with Crippen molar-refractivity contribution in [3.05, 3.63) is 103 Å². The molecule has 0 atom stereocenters. The lowest BCUT2D eigenvalue weighted by molar-refractivity contribution is 0.102. The molecule has 0 saturated heterocycles. The summed E-state index contributed by atoms with van der Waals surface area (Å²) >= 11 is 0. The molecule has 144 valence electrons.